The molecule has 1 saturated heterocycles. The second-order valence-electron chi connectivity index (χ2n) is 3.56. The Morgan fingerprint density at radius 1 is 1.38 bits per heavy atom. The molecule has 1 fully saturated rings. The molecular weight excluding hydrogens is 160 g/mol. The first-order valence-electron chi connectivity index (χ1n) is 5.75. The molecule has 0 spiro atoms. The van der Waals surface area contributed by atoms with Crippen LogP contribution < -0.4 is 5.32 Å². The van der Waals surface area contributed by atoms with E-state index in [9.17, 15) is 0 Å². The van der Waals surface area contributed by atoms with E-state index < -0.39 is 0 Å². The Morgan fingerprint density at radius 2 is 2.08 bits per heavy atom. The molecule has 0 aromatic rings. The van der Waals surface area contributed by atoms with Gasteiger partial charge in [-0.25, -0.2) is 0 Å². The fraction of sp³-hybridized carbons (Fsp3) is 1.00. The van der Waals surface area contributed by atoms with E-state index in [1.807, 2.05) is 13.8 Å². The van der Waals surface area contributed by atoms with Gasteiger partial charge in [-0.15, -0.1) is 0 Å². The summed E-state index contributed by atoms with van der Waals surface area (Å²) in [6, 6.07) is 0.770. The van der Waals surface area contributed by atoms with Crippen LogP contribution >= 0.6 is 0 Å². The van der Waals surface area contributed by atoms with Crippen LogP contribution in [0.15, 0.2) is 0 Å². The van der Waals surface area contributed by atoms with Gasteiger partial charge in [0.05, 0.1) is 0 Å². The molecule has 2 nitrogen and oxygen atoms in total. The second-order valence-corrected chi connectivity index (χ2v) is 3.56. The molecule has 0 amide bonds. The Balaban J connectivity index is 0.000000671. The highest BCUT2D eigenvalue weighted by atomic mass is 15.2. The van der Waals surface area contributed by atoms with Gasteiger partial charge >= 0.3 is 0 Å². The fourth-order valence-electron chi connectivity index (χ4n) is 1.58. The molecular formula is C11H26N2. The molecule has 0 bridgehead atoms. The number of nitrogens with one attached hydrogen (secondary N) is 1. The summed E-state index contributed by atoms with van der Waals surface area (Å²) in [4.78, 5) is 2.39. The van der Waals surface area contributed by atoms with Crippen molar-refractivity contribution in [3.8, 4) is 0 Å². The molecule has 1 heterocycles. The molecule has 0 saturated carbocycles. The van der Waals surface area contributed by atoms with Gasteiger partial charge in [0.2, 0.25) is 0 Å². The summed E-state index contributed by atoms with van der Waals surface area (Å²) in [6.07, 6.45) is 3.95. The van der Waals surface area contributed by atoms with Crippen LogP contribution in [0.5, 0.6) is 0 Å². The zero-order valence-electron chi connectivity index (χ0n) is 9.77. The molecule has 1 N–H and O–H groups in total. The first-order chi connectivity index (χ1) is 6.33. The fourth-order valence-corrected chi connectivity index (χ4v) is 1.58. The summed E-state index contributed by atoms with van der Waals surface area (Å²) in [5.41, 5.74) is 0. The Kier molecular flexibility index (Phi) is 8.46. The average Bonchev–Trinajstić information content (AvgIpc) is 2.56. The maximum absolute atomic E-state index is 3.57. The summed E-state index contributed by atoms with van der Waals surface area (Å²) in [6.45, 7) is 9.95. The topological polar surface area (TPSA) is 15.3 Å². The predicted octanol–water partition coefficient (Wildman–Crippen LogP) is 2.11. The molecule has 0 aromatic heterocycles. The van der Waals surface area contributed by atoms with Gasteiger partial charge in [0, 0.05) is 12.6 Å². The zero-order chi connectivity index (χ0) is 10.1. The third-order valence-electron chi connectivity index (χ3n) is 2.35. The summed E-state index contributed by atoms with van der Waals surface area (Å²) in [7, 11) is 2.20. The predicted molar refractivity (Wildman–Crippen MR) is 60.2 cm³/mol. The van der Waals surface area contributed by atoms with E-state index in [1.54, 1.807) is 0 Å². The molecule has 13 heavy (non-hydrogen) atoms. The van der Waals surface area contributed by atoms with Crippen molar-refractivity contribution in [1.29, 1.82) is 0 Å². The Bertz CT molecular complexity index is 104. The Labute approximate surface area is 83.7 Å². The lowest BCUT2D eigenvalue weighted by Gasteiger charge is -2.11. The van der Waals surface area contributed by atoms with E-state index in [2.05, 4.69) is 24.2 Å². The lowest BCUT2D eigenvalue weighted by Crippen LogP contribution is -2.32. The molecule has 2 heteroatoms. The molecule has 80 valence electrons. The van der Waals surface area contributed by atoms with Crippen molar-refractivity contribution in [2.75, 3.05) is 26.7 Å². The van der Waals surface area contributed by atoms with Gasteiger partial charge in [0.25, 0.3) is 0 Å². The third kappa shape index (κ3) is 6.05. The molecule has 1 atom stereocenters. The van der Waals surface area contributed by atoms with E-state index in [-0.39, 0.29) is 0 Å². The van der Waals surface area contributed by atoms with Gasteiger partial charge < -0.3 is 10.2 Å². The van der Waals surface area contributed by atoms with Crippen LogP contribution in [0.1, 0.15) is 40.0 Å². The van der Waals surface area contributed by atoms with Crippen LogP contribution in [-0.4, -0.2) is 37.6 Å². The largest absolute Gasteiger partial charge is 0.313 e. The highest BCUT2D eigenvalue weighted by molar-refractivity contribution is 4.78. The maximum atomic E-state index is 3.57. The highest BCUT2D eigenvalue weighted by Crippen LogP contribution is 2.05. The van der Waals surface area contributed by atoms with Gasteiger partial charge in [-0.2, -0.15) is 0 Å². The van der Waals surface area contributed by atoms with Crippen molar-refractivity contribution in [3.63, 3.8) is 0 Å². The van der Waals surface area contributed by atoms with Gasteiger partial charge in [0.15, 0.2) is 0 Å². The molecule has 0 aliphatic carbocycles. The van der Waals surface area contributed by atoms with E-state index in [4.69, 9.17) is 0 Å². The first-order valence-corrected chi connectivity index (χ1v) is 5.75. The van der Waals surface area contributed by atoms with E-state index in [0.29, 0.717) is 0 Å². The van der Waals surface area contributed by atoms with Gasteiger partial charge in [-0.3, -0.25) is 0 Å². The van der Waals surface area contributed by atoms with Gasteiger partial charge in [0.1, 0.15) is 0 Å². The average molecular weight is 186 g/mol. The van der Waals surface area contributed by atoms with Crippen LogP contribution in [0.25, 0.3) is 0 Å². The SMILES string of the molecule is CC.CCCCNC1CCN(C)C1. The summed E-state index contributed by atoms with van der Waals surface area (Å²) < 4.78 is 0. The lowest BCUT2D eigenvalue weighted by atomic mass is 10.2. The number of likely N-dealkylation sites (N-methyl/N-ethyl adjacent to an activating group) is 1. The van der Waals surface area contributed by atoms with E-state index >= 15 is 0 Å². The lowest BCUT2D eigenvalue weighted by molar-refractivity contribution is 0.397. The van der Waals surface area contributed by atoms with E-state index in [0.717, 1.165) is 6.04 Å². The van der Waals surface area contributed by atoms with Gasteiger partial charge in [-0.1, -0.05) is 27.2 Å². The first kappa shape index (κ1) is 12.9. The Morgan fingerprint density at radius 3 is 2.54 bits per heavy atom. The monoisotopic (exact) mass is 186 g/mol. The Hall–Kier alpha value is -0.0800. The standard InChI is InChI=1S/C9H20N2.C2H6/c1-3-4-6-10-9-5-7-11(2)8-9;1-2/h9-10H,3-8H2,1-2H3;1-2H3. The molecule has 1 aliphatic rings. The third-order valence-corrected chi connectivity index (χ3v) is 2.35. The van der Waals surface area contributed by atoms with Crippen molar-refractivity contribution in [2.45, 2.75) is 46.1 Å². The number of hydrogen-bond donors (Lipinski definition) is 1. The molecule has 0 aromatic carbocycles. The minimum absolute atomic E-state index is 0.770. The number of rotatable bonds is 4. The minimum Gasteiger partial charge on any atom is -0.313 e. The number of nitrogens with zero attached hydrogens (tertiary/aromatic N) is 1. The van der Waals surface area contributed by atoms with Crippen molar-refractivity contribution in [1.82, 2.24) is 10.2 Å². The van der Waals surface area contributed by atoms with Crippen LogP contribution in [0, 0.1) is 0 Å². The normalized spacial score (nSPS) is 22.6. The molecule has 1 unspecified atom stereocenters. The van der Waals surface area contributed by atoms with Gasteiger partial charge in [-0.05, 0) is 33.0 Å². The molecule has 1 rings (SSSR count). The van der Waals surface area contributed by atoms with Crippen molar-refractivity contribution >= 4 is 0 Å². The summed E-state index contributed by atoms with van der Waals surface area (Å²) in [5.74, 6) is 0. The number of likely N-dealkylation sites (tertiary alicyclic amines) is 1. The minimum atomic E-state index is 0.770. The quantitative estimate of drug-likeness (QED) is 0.676. The summed E-state index contributed by atoms with van der Waals surface area (Å²) in [5, 5.41) is 3.57. The van der Waals surface area contributed by atoms with Crippen molar-refractivity contribution < 1.29 is 0 Å². The molecule has 0 radical (unpaired) electrons. The zero-order valence-corrected chi connectivity index (χ0v) is 9.77. The van der Waals surface area contributed by atoms with E-state index in [1.165, 1.54) is 38.9 Å². The smallest absolute Gasteiger partial charge is 0.0207 e. The van der Waals surface area contributed by atoms with Crippen molar-refractivity contribution in [3.05, 3.63) is 0 Å². The summed E-state index contributed by atoms with van der Waals surface area (Å²) >= 11 is 0. The maximum Gasteiger partial charge on any atom is 0.0207 e. The molecule has 1 aliphatic heterocycles. The van der Waals surface area contributed by atoms with Crippen molar-refractivity contribution in [2.24, 2.45) is 0 Å². The van der Waals surface area contributed by atoms with Crippen LogP contribution in [0.4, 0.5) is 0 Å². The van der Waals surface area contributed by atoms with Crippen LogP contribution in [0.3, 0.4) is 0 Å². The second kappa shape index (κ2) is 8.52. The number of hydrogen-bond acceptors (Lipinski definition) is 2. The number of unbranched alkanes of at least 4 members (excludes halogenated alkanes) is 1. The van der Waals surface area contributed by atoms with Crippen LogP contribution in [-0.2, 0) is 0 Å². The van der Waals surface area contributed by atoms with Crippen LogP contribution in [0.2, 0.25) is 0 Å². The highest BCUT2D eigenvalue weighted by Gasteiger charge is 2.17.